The Kier molecular flexibility index (Phi) is 7.82. The molecular weight excluding hydrogens is 490 g/mol. The molecule has 0 atom stereocenters. The molecule has 14 heteroatoms. The largest absolute Gasteiger partial charge is 0.510 e. The van der Waals surface area contributed by atoms with Crippen molar-refractivity contribution in [3.8, 4) is 5.75 Å². The summed E-state index contributed by atoms with van der Waals surface area (Å²) in [6.45, 7) is 1.18. The van der Waals surface area contributed by atoms with Gasteiger partial charge in [0.25, 0.3) is 5.91 Å². The van der Waals surface area contributed by atoms with Crippen molar-refractivity contribution in [1.29, 1.82) is 0 Å². The van der Waals surface area contributed by atoms with Gasteiger partial charge in [0.15, 0.2) is 5.70 Å². The normalized spacial score (nSPS) is 11.7. The molecule has 1 heterocycles. The number of esters is 2. The molecule has 0 bridgehead atoms. The van der Waals surface area contributed by atoms with Gasteiger partial charge in [-0.1, -0.05) is 0 Å². The lowest BCUT2D eigenvalue weighted by Gasteiger charge is -2.12. The van der Waals surface area contributed by atoms with Crippen LogP contribution in [0.4, 0.5) is 11.4 Å². The third-order valence-electron chi connectivity index (χ3n) is 4.93. The zero-order chi connectivity index (χ0) is 27.3. The molecule has 2 aromatic carbocycles. The molecule has 0 radical (unpaired) electrons. The van der Waals surface area contributed by atoms with Crippen LogP contribution in [0.3, 0.4) is 0 Å². The number of hydrogen-bond acceptors (Lipinski definition) is 11. The summed E-state index contributed by atoms with van der Waals surface area (Å²) >= 11 is 0. The molecular formula is C23H21N5O9. The van der Waals surface area contributed by atoms with Gasteiger partial charge in [-0.25, -0.2) is 9.59 Å². The third-order valence-corrected chi connectivity index (χ3v) is 4.93. The number of methoxy groups -OCH3 is 3. The number of carbonyl (C=O) groups is 3. The minimum absolute atomic E-state index is 0.0488. The molecule has 1 aromatic heterocycles. The Morgan fingerprint density at radius 1 is 0.919 bits per heavy atom. The number of allylic oxidation sites excluding steroid dienone is 1. The minimum Gasteiger partial charge on any atom is -0.510 e. The lowest BCUT2D eigenvalue weighted by atomic mass is 10.1. The van der Waals surface area contributed by atoms with Crippen LogP contribution in [0, 0.1) is 0 Å². The number of H-pyrrole nitrogens is 2. The van der Waals surface area contributed by atoms with Gasteiger partial charge in [-0.2, -0.15) is 0 Å². The predicted octanol–water partition coefficient (Wildman–Crippen LogP) is 2.31. The molecule has 0 saturated carbocycles. The first-order chi connectivity index (χ1) is 17.6. The summed E-state index contributed by atoms with van der Waals surface area (Å²) in [4.78, 5) is 65.0. The van der Waals surface area contributed by atoms with E-state index in [4.69, 9.17) is 9.47 Å². The fraction of sp³-hybridized carbons (Fsp3) is 0.174. The number of amides is 1. The molecule has 4 N–H and O–H groups in total. The van der Waals surface area contributed by atoms with Gasteiger partial charge in [-0.3, -0.25) is 14.4 Å². The number of benzene rings is 2. The Bertz CT molecular complexity index is 1580. The number of ether oxygens (including phenoxy) is 3. The van der Waals surface area contributed by atoms with Gasteiger partial charge in [-0.15, -0.1) is 10.2 Å². The number of carbonyl (C=O) groups excluding carboxylic acids is 3. The van der Waals surface area contributed by atoms with Crippen LogP contribution < -0.4 is 21.2 Å². The van der Waals surface area contributed by atoms with E-state index in [0.717, 1.165) is 7.11 Å². The van der Waals surface area contributed by atoms with E-state index in [2.05, 4.69) is 30.3 Å². The van der Waals surface area contributed by atoms with Crippen molar-refractivity contribution in [3.05, 3.63) is 73.6 Å². The highest BCUT2D eigenvalue weighted by molar-refractivity contribution is 6.05. The second-order valence-corrected chi connectivity index (χ2v) is 7.31. The van der Waals surface area contributed by atoms with E-state index in [1.54, 1.807) is 0 Å². The molecule has 1 amide bonds. The zero-order valence-electron chi connectivity index (χ0n) is 20.0. The average molecular weight is 511 g/mol. The van der Waals surface area contributed by atoms with E-state index in [9.17, 15) is 29.1 Å². The average Bonchev–Trinajstić information content (AvgIpc) is 2.88. The van der Waals surface area contributed by atoms with E-state index in [-0.39, 0.29) is 39.3 Å². The van der Waals surface area contributed by atoms with Gasteiger partial charge in [0.1, 0.15) is 17.2 Å². The summed E-state index contributed by atoms with van der Waals surface area (Å²) in [5.74, 6) is -2.83. The van der Waals surface area contributed by atoms with E-state index >= 15 is 0 Å². The second kappa shape index (κ2) is 11.0. The van der Waals surface area contributed by atoms with Gasteiger partial charge in [-0.05, 0) is 31.2 Å². The number of aromatic nitrogens is 2. The molecule has 3 rings (SSSR count). The second-order valence-electron chi connectivity index (χ2n) is 7.31. The van der Waals surface area contributed by atoms with Crippen molar-refractivity contribution < 1.29 is 33.7 Å². The van der Waals surface area contributed by atoms with E-state index < -0.39 is 40.4 Å². The first kappa shape index (κ1) is 26.3. The fourth-order valence-corrected chi connectivity index (χ4v) is 3.12. The molecule has 14 nitrogen and oxygen atoms in total. The third kappa shape index (κ3) is 5.70. The van der Waals surface area contributed by atoms with Crippen LogP contribution in [0.2, 0.25) is 0 Å². The maximum Gasteiger partial charge on any atom is 0.340 e. The molecule has 0 aliphatic heterocycles. The number of rotatable bonds is 7. The van der Waals surface area contributed by atoms with Crippen LogP contribution in [0.15, 0.2) is 61.6 Å². The van der Waals surface area contributed by atoms with Gasteiger partial charge in [0.05, 0.1) is 49.2 Å². The van der Waals surface area contributed by atoms with Gasteiger partial charge >= 0.3 is 23.1 Å². The zero-order valence-corrected chi connectivity index (χ0v) is 20.0. The standard InChI is InChI=1S/C23H21N5O9/c1-10(29)18(28-27-13-7-11(22(33)36-3)5-6-12(13)23(34)37-4)19(30)26-16-8-14-15(9-17(16)35-2)25-21(32)20(31)24-14/h5-9,29H,1-4H3,(H,24,31)(H,25,32)(H,26,30). The first-order valence-corrected chi connectivity index (χ1v) is 10.4. The Labute approximate surface area is 207 Å². The lowest BCUT2D eigenvalue weighted by Crippen LogP contribution is -2.29. The van der Waals surface area contributed by atoms with E-state index in [1.807, 2.05) is 0 Å². The topological polar surface area (TPSA) is 202 Å². The molecule has 3 aromatic rings. The predicted molar refractivity (Wildman–Crippen MR) is 129 cm³/mol. The molecule has 0 aliphatic rings. The van der Waals surface area contributed by atoms with Crippen LogP contribution >= 0.6 is 0 Å². The first-order valence-electron chi connectivity index (χ1n) is 10.4. The van der Waals surface area contributed by atoms with Gasteiger partial charge in [0.2, 0.25) is 0 Å². The maximum atomic E-state index is 13.0. The van der Waals surface area contributed by atoms with Crippen LogP contribution in [-0.2, 0) is 14.3 Å². The summed E-state index contributed by atoms with van der Waals surface area (Å²) in [7, 11) is 3.64. The number of nitrogens with one attached hydrogen (secondary N) is 3. The Morgan fingerprint density at radius 2 is 1.54 bits per heavy atom. The van der Waals surface area contributed by atoms with Crippen LogP contribution in [0.5, 0.6) is 5.75 Å². The quantitative estimate of drug-likeness (QED) is 0.121. The number of anilines is 1. The summed E-state index contributed by atoms with van der Waals surface area (Å²) in [6.07, 6.45) is 0. The molecule has 0 saturated heterocycles. The number of nitrogens with zero attached hydrogens (tertiary/aromatic N) is 2. The van der Waals surface area contributed by atoms with Crippen molar-refractivity contribution >= 4 is 40.3 Å². The molecule has 0 unspecified atom stereocenters. The summed E-state index contributed by atoms with van der Waals surface area (Å²) < 4.78 is 14.6. The fourth-order valence-electron chi connectivity index (χ4n) is 3.12. The van der Waals surface area contributed by atoms with Crippen molar-refractivity contribution in [2.24, 2.45) is 10.2 Å². The molecule has 0 aliphatic carbocycles. The van der Waals surface area contributed by atoms with Gasteiger partial charge < -0.3 is 34.6 Å². The highest BCUT2D eigenvalue weighted by Gasteiger charge is 2.19. The number of aliphatic hydroxyl groups is 1. The molecule has 0 fully saturated rings. The SMILES string of the molecule is COC(=O)c1ccc(C(=O)OC)c(N=NC(C(=O)Nc2cc3[nH]c(=O)c(=O)[nH]c3cc2OC)=C(C)O)c1. The number of aliphatic hydroxyl groups excluding tert-OH is 1. The number of aromatic amines is 2. The van der Waals surface area contributed by atoms with E-state index in [0.29, 0.717) is 0 Å². The van der Waals surface area contributed by atoms with Crippen LogP contribution in [0.25, 0.3) is 11.0 Å². The summed E-state index contributed by atoms with van der Waals surface area (Å²) in [6, 6.07) is 6.50. The number of azo groups is 1. The highest BCUT2D eigenvalue weighted by atomic mass is 16.5. The Morgan fingerprint density at radius 3 is 2.11 bits per heavy atom. The molecule has 37 heavy (non-hydrogen) atoms. The van der Waals surface area contributed by atoms with Crippen molar-refractivity contribution in [3.63, 3.8) is 0 Å². The minimum atomic E-state index is -0.933. The van der Waals surface area contributed by atoms with Crippen molar-refractivity contribution in [1.82, 2.24) is 9.97 Å². The maximum absolute atomic E-state index is 13.0. The van der Waals surface area contributed by atoms with E-state index in [1.165, 1.54) is 51.5 Å². The number of fused-ring (bicyclic) bond motifs is 1. The highest BCUT2D eigenvalue weighted by Crippen LogP contribution is 2.29. The summed E-state index contributed by atoms with van der Waals surface area (Å²) in [5.41, 5.74) is -1.95. The van der Waals surface area contributed by atoms with Crippen LogP contribution in [-0.4, -0.2) is 54.2 Å². The smallest absolute Gasteiger partial charge is 0.340 e. The van der Waals surface area contributed by atoms with Crippen LogP contribution in [0.1, 0.15) is 27.6 Å². The van der Waals surface area contributed by atoms with Crippen molar-refractivity contribution in [2.45, 2.75) is 6.92 Å². The number of hydrogen-bond donors (Lipinski definition) is 4. The molecule has 0 spiro atoms. The summed E-state index contributed by atoms with van der Waals surface area (Å²) in [5, 5.41) is 20.2. The molecule has 192 valence electrons. The van der Waals surface area contributed by atoms with Crippen molar-refractivity contribution in [2.75, 3.05) is 26.6 Å². The Balaban J connectivity index is 2.01. The lowest BCUT2D eigenvalue weighted by molar-refractivity contribution is -0.113. The monoisotopic (exact) mass is 511 g/mol. The Hall–Kier alpha value is -5.27. The van der Waals surface area contributed by atoms with Gasteiger partial charge in [0, 0.05) is 6.07 Å².